The van der Waals surface area contributed by atoms with Gasteiger partial charge in [0.15, 0.2) is 5.78 Å². The zero-order valence-electron chi connectivity index (χ0n) is 9.78. The summed E-state index contributed by atoms with van der Waals surface area (Å²) < 4.78 is 18.8. The molecule has 2 nitrogen and oxygen atoms in total. The number of carbonyl (C=O) groups is 1. The Labute approximate surface area is 100 Å². The molecule has 1 aliphatic carbocycles. The van der Waals surface area contributed by atoms with Gasteiger partial charge in [0.1, 0.15) is 17.7 Å². The van der Waals surface area contributed by atoms with Gasteiger partial charge in [0.05, 0.1) is 5.56 Å². The molecule has 1 aromatic rings. The molecule has 90 valence electrons. The highest BCUT2D eigenvalue weighted by Gasteiger charge is 2.15. The van der Waals surface area contributed by atoms with Crippen molar-refractivity contribution >= 4 is 5.78 Å². The van der Waals surface area contributed by atoms with Gasteiger partial charge in [-0.3, -0.25) is 4.79 Å². The van der Waals surface area contributed by atoms with E-state index in [0.717, 1.165) is 19.3 Å². The number of hydrogen-bond acceptors (Lipinski definition) is 2. The van der Waals surface area contributed by atoms with Crippen LogP contribution in [0.15, 0.2) is 30.4 Å². The van der Waals surface area contributed by atoms with Crippen LogP contribution in [-0.2, 0) is 0 Å². The number of halogens is 1. The fraction of sp³-hybridized carbons (Fsp3) is 0.357. The summed E-state index contributed by atoms with van der Waals surface area (Å²) in [6.07, 6.45) is 7.00. The van der Waals surface area contributed by atoms with Gasteiger partial charge in [-0.05, 0) is 44.4 Å². The predicted molar refractivity (Wildman–Crippen MR) is 63.8 cm³/mol. The molecule has 0 N–H and O–H groups in total. The largest absolute Gasteiger partial charge is 0.486 e. The van der Waals surface area contributed by atoms with Crippen LogP contribution in [0.4, 0.5) is 4.39 Å². The van der Waals surface area contributed by atoms with Crippen molar-refractivity contribution in [3.63, 3.8) is 0 Å². The van der Waals surface area contributed by atoms with Gasteiger partial charge in [-0.1, -0.05) is 6.08 Å². The molecule has 0 saturated heterocycles. The lowest BCUT2D eigenvalue weighted by Crippen LogP contribution is -2.17. The molecule has 1 unspecified atom stereocenters. The maximum absolute atomic E-state index is 13.2. The number of Topliss-reactive ketones (excluding diaryl/α,β-unsaturated/α-hetero) is 1. The Kier molecular flexibility index (Phi) is 3.57. The van der Waals surface area contributed by atoms with E-state index in [9.17, 15) is 9.18 Å². The molecule has 0 spiro atoms. The van der Waals surface area contributed by atoms with Gasteiger partial charge in [-0.25, -0.2) is 4.39 Å². The van der Waals surface area contributed by atoms with Crippen molar-refractivity contribution in [1.82, 2.24) is 0 Å². The third kappa shape index (κ3) is 2.93. The first-order valence-electron chi connectivity index (χ1n) is 5.80. The molecule has 3 heteroatoms. The minimum absolute atomic E-state index is 0.0522. The minimum Gasteiger partial charge on any atom is -0.486 e. The number of ether oxygens (including phenoxy) is 1. The highest BCUT2D eigenvalue weighted by molar-refractivity contribution is 5.96. The van der Waals surface area contributed by atoms with Crippen molar-refractivity contribution in [2.75, 3.05) is 0 Å². The SMILES string of the molecule is CC(=O)c1ccc(F)cc1OC1C=CCCC1. The van der Waals surface area contributed by atoms with Crippen LogP contribution in [0, 0.1) is 5.82 Å². The van der Waals surface area contributed by atoms with Crippen LogP contribution >= 0.6 is 0 Å². The molecular weight excluding hydrogens is 219 g/mol. The Morgan fingerprint density at radius 1 is 1.47 bits per heavy atom. The number of benzene rings is 1. The molecule has 0 bridgehead atoms. The summed E-state index contributed by atoms with van der Waals surface area (Å²) in [5.74, 6) is -0.154. The van der Waals surface area contributed by atoms with E-state index in [2.05, 4.69) is 6.08 Å². The van der Waals surface area contributed by atoms with Gasteiger partial charge in [0.2, 0.25) is 0 Å². The van der Waals surface area contributed by atoms with E-state index in [1.54, 1.807) is 0 Å². The van der Waals surface area contributed by atoms with Crippen LogP contribution in [0.25, 0.3) is 0 Å². The number of carbonyl (C=O) groups excluding carboxylic acids is 1. The van der Waals surface area contributed by atoms with Crippen LogP contribution in [0.5, 0.6) is 5.75 Å². The number of ketones is 1. The highest BCUT2D eigenvalue weighted by Crippen LogP contribution is 2.24. The van der Waals surface area contributed by atoms with Gasteiger partial charge in [0.25, 0.3) is 0 Å². The topological polar surface area (TPSA) is 26.3 Å². The second-order valence-corrected chi connectivity index (χ2v) is 4.21. The van der Waals surface area contributed by atoms with Crippen molar-refractivity contribution in [2.24, 2.45) is 0 Å². The average Bonchev–Trinajstić information content (AvgIpc) is 2.30. The summed E-state index contributed by atoms with van der Waals surface area (Å²) in [5.41, 5.74) is 0.436. The van der Waals surface area contributed by atoms with E-state index in [4.69, 9.17) is 4.74 Å². The van der Waals surface area contributed by atoms with Crippen LogP contribution in [-0.4, -0.2) is 11.9 Å². The molecule has 1 aromatic carbocycles. The Hall–Kier alpha value is -1.64. The van der Waals surface area contributed by atoms with Gasteiger partial charge in [-0.2, -0.15) is 0 Å². The van der Waals surface area contributed by atoms with E-state index in [1.807, 2.05) is 6.08 Å². The molecule has 17 heavy (non-hydrogen) atoms. The molecule has 0 aromatic heterocycles. The first-order chi connectivity index (χ1) is 8.16. The smallest absolute Gasteiger partial charge is 0.163 e. The number of rotatable bonds is 3. The number of hydrogen-bond donors (Lipinski definition) is 0. The van der Waals surface area contributed by atoms with Gasteiger partial charge < -0.3 is 4.74 Å². The summed E-state index contributed by atoms with van der Waals surface area (Å²) in [6.45, 7) is 1.46. The lowest BCUT2D eigenvalue weighted by atomic mass is 10.0. The normalized spacial score (nSPS) is 19.1. The second-order valence-electron chi connectivity index (χ2n) is 4.21. The average molecular weight is 234 g/mol. The Bertz CT molecular complexity index is 452. The quantitative estimate of drug-likeness (QED) is 0.591. The van der Waals surface area contributed by atoms with Gasteiger partial charge >= 0.3 is 0 Å². The molecular formula is C14H15FO2. The summed E-state index contributed by atoms with van der Waals surface area (Å²) in [6, 6.07) is 4.03. The van der Waals surface area contributed by atoms with Crippen molar-refractivity contribution in [3.05, 3.63) is 41.7 Å². The lowest BCUT2D eigenvalue weighted by molar-refractivity contribution is 0.101. The van der Waals surface area contributed by atoms with E-state index in [1.165, 1.54) is 25.1 Å². The maximum atomic E-state index is 13.2. The Balaban J connectivity index is 2.23. The maximum Gasteiger partial charge on any atom is 0.163 e. The van der Waals surface area contributed by atoms with E-state index in [0.29, 0.717) is 11.3 Å². The fourth-order valence-corrected chi connectivity index (χ4v) is 1.93. The zero-order valence-corrected chi connectivity index (χ0v) is 9.78. The van der Waals surface area contributed by atoms with Crippen LogP contribution in [0.2, 0.25) is 0 Å². The molecule has 0 amide bonds. The predicted octanol–water partition coefficient (Wildman–Crippen LogP) is 3.52. The highest BCUT2D eigenvalue weighted by atomic mass is 19.1. The number of allylic oxidation sites excluding steroid dienone is 1. The Morgan fingerprint density at radius 3 is 2.94 bits per heavy atom. The molecule has 2 rings (SSSR count). The molecule has 1 atom stereocenters. The fourth-order valence-electron chi connectivity index (χ4n) is 1.93. The molecule has 0 aliphatic heterocycles. The first-order valence-corrected chi connectivity index (χ1v) is 5.80. The third-order valence-electron chi connectivity index (χ3n) is 2.81. The Morgan fingerprint density at radius 2 is 2.29 bits per heavy atom. The van der Waals surface area contributed by atoms with Crippen LogP contribution in [0.3, 0.4) is 0 Å². The second kappa shape index (κ2) is 5.13. The molecule has 0 fully saturated rings. The zero-order chi connectivity index (χ0) is 12.3. The van der Waals surface area contributed by atoms with Gasteiger partial charge in [-0.15, -0.1) is 0 Å². The first kappa shape index (κ1) is 11.8. The van der Waals surface area contributed by atoms with Crippen LogP contribution in [0.1, 0.15) is 36.5 Å². The van der Waals surface area contributed by atoms with Crippen molar-refractivity contribution in [1.29, 1.82) is 0 Å². The monoisotopic (exact) mass is 234 g/mol. The summed E-state index contributed by atoms with van der Waals surface area (Å²) >= 11 is 0. The van der Waals surface area contributed by atoms with E-state index < -0.39 is 0 Å². The van der Waals surface area contributed by atoms with Crippen molar-refractivity contribution < 1.29 is 13.9 Å². The molecule has 1 aliphatic rings. The lowest BCUT2D eigenvalue weighted by Gasteiger charge is -2.19. The van der Waals surface area contributed by atoms with E-state index >= 15 is 0 Å². The summed E-state index contributed by atoms with van der Waals surface area (Å²) in [7, 11) is 0. The van der Waals surface area contributed by atoms with E-state index in [-0.39, 0.29) is 17.7 Å². The van der Waals surface area contributed by atoms with Gasteiger partial charge in [0, 0.05) is 6.07 Å². The summed E-state index contributed by atoms with van der Waals surface area (Å²) in [4.78, 5) is 11.4. The van der Waals surface area contributed by atoms with Crippen LogP contribution < -0.4 is 4.74 Å². The minimum atomic E-state index is -0.384. The van der Waals surface area contributed by atoms with Crippen molar-refractivity contribution in [3.8, 4) is 5.75 Å². The molecule has 0 radical (unpaired) electrons. The summed E-state index contributed by atoms with van der Waals surface area (Å²) in [5, 5.41) is 0. The standard InChI is InChI=1S/C14H15FO2/c1-10(16)13-8-7-11(15)9-14(13)17-12-5-3-2-4-6-12/h3,5,7-9,12H,2,4,6H2,1H3. The van der Waals surface area contributed by atoms with Crippen molar-refractivity contribution in [2.45, 2.75) is 32.3 Å². The molecule has 0 heterocycles. The molecule has 0 saturated carbocycles. The third-order valence-corrected chi connectivity index (χ3v) is 2.81.